The van der Waals surface area contributed by atoms with E-state index in [4.69, 9.17) is 9.26 Å². The SMILES string of the molecule is COc1ccc2c(c1)C(NCCc1noc(C)n1)CC2. The number of aryl methyl sites for hydroxylation is 2. The maximum absolute atomic E-state index is 5.30. The van der Waals surface area contributed by atoms with Gasteiger partial charge in [0.15, 0.2) is 5.82 Å². The summed E-state index contributed by atoms with van der Waals surface area (Å²) in [6.45, 7) is 2.66. The minimum absolute atomic E-state index is 0.396. The molecule has 0 aliphatic heterocycles. The molecular weight excluding hydrogens is 254 g/mol. The summed E-state index contributed by atoms with van der Waals surface area (Å²) < 4.78 is 10.3. The zero-order valence-electron chi connectivity index (χ0n) is 11.8. The number of nitrogens with zero attached hydrogens (tertiary/aromatic N) is 2. The van der Waals surface area contributed by atoms with Crippen LogP contribution in [0.15, 0.2) is 22.7 Å². The van der Waals surface area contributed by atoms with E-state index in [0.717, 1.165) is 37.4 Å². The summed E-state index contributed by atoms with van der Waals surface area (Å²) in [4.78, 5) is 4.21. The molecule has 1 N–H and O–H groups in total. The molecular formula is C15H19N3O2. The van der Waals surface area contributed by atoms with E-state index >= 15 is 0 Å². The number of aromatic nitrogens is 2. The molecule has 1 aromatic carbocycles. The van der Waals surface area contributed by atoms with Gasteiger partial charge in [-0.25, -0.2) is 0 Å². The summed E-state index contributed by atoms with van der Waals surface area (Å²) in [6.07, 6.45) is 3.04. The number of benzene rings is 1. The van der Waals surface area contributed by atoms with E-state index in [1.165, 1.54) is 11.1 Å². The number of nitrogens with one attached hydrogen (secondary N) is 1. The Morgan fingerprint density at radius 3 is 3.10 bits per heavy atom. The average molecular weight is 273 g/mol. The molecule has 1 atom stereocenters. The molecule has 0 saturated carbocycles. The van der Waals surface area contributed by atoms with E-state index in [2.05, 4.69) is 27.6 Å². The van der Waals surface area contributed by atoms with Crippen LogP contribution in [0.3, 0.4) is 0 Å². The van der Waals surface area contributed by atoms with Crippen molar-refractivity contribution in [3.63, 3.8) is 0 Å². The Morgan fingerprint density at radius 1 is 1.45 bits per heavy atom. The minimum Gasteiger partial charge on any atom is -0.497 e. The Morgan fingerprint density at radius 2 is 2.35 bits per heavy atom. The van der Waals surface area contributed by atoms with Gasteiger partial charge in [0.25, 0.3) is 0 Å². The van der Waals surface area contributed by atoms with Gasteiger partial charge in [-0.2, -0.15) is 4.98 Å². The minimum atomic E-state index is 0.396. The predicted molar refractivity (Wildman–Crippen MR) is 74.8 cm³/mol. The fourth-order valence-electron chi connectivity index (χ4n) is 2.72. The van der Waals surface area contributed by atoms with Crippen molar-refractivity contribution in [2.75, 3.05) is 13.7 Å². The van der Waals surface area contributed by atoms with Gasteiger partial charge in [-0.05, 0) is 36.1 Å². The summed E-state index contributed by atoms with van der Waals surface area (Å²) in [5.74, 6) is 2.31. The highest BCUT2D eigenvalue weighted by atomic mass is 16.5. The molecule has 1 aliphatic rings. The van der Waals surface area contributed by atoms with E-state index in [-0.39, 0.29) is 0 Å². The average Bonchev–Trinajstić information content (AvgIpc) is 3.05. The van der Waals surface area contributed by atoms with Gasteiger partial charge in [0.1, 0.15) is 5.75 Å². The molecule has 5 heteroatoms. The number of ether oxygens (including phenoxy) is 1. The normalized spacial score (nSPS) is 17.2. The van der Waals surface area contributed by atoms with Gasteiger partial charge in [-0.3, -0.25) is 0 Å². The lowest BCUT2D eigenvalue weighted by Gasteiger charge is -2.14. The first-order chi connectivity index (χ1) is 9.76. The van der Waals surface area contributed by atoms with Crippen molar-refractivity contribution in [2.24, 2.45) is 0 Å². The first-order valence-electron chi connectivity index (χ1n) is 6.95. The summed E-state index contributed by atoms with van der Waals surface area (Å²) in [5, 5.41) is 7.48. The van der Waals surface area contributed by atoms with E-state index in [1.54, 1.807) is 7.11 Å². The second kappa shape index (κ2) is 5.63. The van der Waals surface area contributed by atoms with Crippen LogP contribution in [0, 0.1) is 6.92 Å². The lowest BCUT2D eigenvalue weighted by Crippen LogP contribution is -2.22. The van der Waals surface area contributed by atoms with Crippen LogP contribution in [0.25, 0.3) is 0 Å². The van der Waals surface area contributed by atoms with Gasteiger partial charge in [0.2, 0.25) is 5.89 Å². The second-order valence-corrected chi connectivity index (χ2v) is 5.09. The fourth-order valence-corrected chi connectivity index (χ4v) is 2.72. The first-order valence-corrected chi connectivity index (χ1v) is 6.95. The molecule has 3 rings (SSSR count). The molecule has 5 nitrogen and oxygen atoms in total. The number of fused-ring (bicyclic) bond motifs is 1. The van der Waals surface area contributed by atoms with Crippen molar-refractivity contribution in [3.05, 3.63) is 41.0 Å². The van der Waals surface area contributed by atoms with Crippen molar-refractivity contribution in [2.45, 2.75) is 32.2 Å². The quantitative estimate of drug-likeness (QED) is 0.905. The van der Waals surface area contributed by atoms with Crippen LogP contribution in [-0.4, -0.2) is 23.8 Å². The number of methoxy groups -OCH3 is 1. The van der Waals surface area contributed by atoms with Crippen molar-refractivity contribution in [1.82, 2.24) is 15.5 Å². The van der Waals surface area contributed by atoms with Crippen LogP contribution < -0.4 is 10.1 Å². The van der Waals surface area contributed by atoms with Gasteiger partial charge in [-0.15, -0.1) is 0 Å². The Kier molecular flexibility index (Phi) is 3.69. The van der Waals surface area contributed by atoms with E-state index < -0.39 is 0 Å². The van der Waals surface area contributed by atoms with Crippen LogP contribution in [0.4, 0.5) is 0 Å². The molecule has 106 valence electrons. The zero-order chi connectivity index (χ0) is 13.9. The van der Waals surface area contributed by atoms with Crippen LogP contribution in [0.5, 0.6) is 5.75 Å². The third-order valence-electron chi connectivity index (χ3n) is 3.74. The van der Waals surface area contributed by atoms with Crippen LogP contribution in [0.1, 0.15) is 35.3 Å². The number of hydrogen-bond donors (Lipinski definition) is 1. The van der Waals surface area contributed by atoms with Crippen molar-refractivity contribution < 1.29 is 9.26 Å². The summed E-state index contributed by atoms with van der Waals surface area (Å²) in [5.41, 5.74) is 2.77. The molecule has 1 unspecified atom stereocenters. The predicted octanol–water partition coefficient (Wildman–Crippen LogP) is 2.21. The monoisotopic (exact) mass is 273 g/mol. The van der Waals surface area contributed by atoms with Crippen LogP contribution in [-0.2, 0) is 12.8 Å². The standard InChI is InChI=1S/C15H19N3O2/c1-10-17-15(18-20-10)7-8-16-14-6-4-11-3-5-12(19-2)9-13(11)14/h3,5,9,14,16H,4,6-8H2,1-2H3. The molecule has 0 radical (unpaired) electrons. The van der Waals surface area contributed by atoms with Gasteiger partial charge in [-0.1, -0.05) is 11.2 Å². The van der Waals surface area contributed by atoms with Crippen molar-refractivity contribution in [3.8, 4) is 5.75 Å². The third kappa shape index (κ3) is 2.67. The second-order valence-electron chi connectivity index (χ2n) is 5.09. The molecule has 0 amide bonds. The largest absolute Gasteiger partial charge is 0.497 e. The lowest BCUT2D eigenvalue weighted by molar-refractivity contribution is 0.386. The fraction of sp³-hybridized carbons (Fsp3) is 0.467. The van der Waals surface area contributed by atoms with Crippen molar-refractivity contribution >= 4 is 0 Å². The molecule has 20 heavy (non-hydrogen) atoms. The number of hydrogen-bond acceptors (Lipinski definition) is 5. The van der Waals surface area contributed by atoms with Gasteiger partial charge in [0.05, 0.1) is 7.11 Å². The Labute approximate surface area is 118 Å². The van der Waals surface area contributed by atoms with E-state index in [9.17, 15) is 0 Å². The highest BCUT2D eigenvalue weighted by Crippen LogP contribution is 2.33. The highest BCUT2D eigenvalue weighted by Gasteiger charge is 2.22. The summed E-state index contributed by atoms with van der Waals surface area (Å²) in [7, 11) is 1.71. The molecule has 1 heterocycles. The van der Waals surface area contributed by atoms with E-state index in [1.807, 2.05) is 13.0 Å². The molecule has 1 aliphatic carbocycles. The Balaban J connectivity index is 1.60. The Hall–Kier alpha value is -1.88. The first kappa shape index (κ1) is 13.1. The molecule has 0 saturated heterocycles. The van der Waals surface area contributed by atoms with Gasteiger partial charge < -0.3 is 14.6 Å². The third-order valence-corrected chi connectivity index (χ3v) is 3.74. The molecule has 1 aromatic heterocycles. The van der Waals surface area contributed by atoms with Crippen molar-refractivity contribution in [1.29, 1.82) is 0 Å². The van der Waals surface area contributed by atoms with Gasteiger partial charge >= 0.3 is 0 Å². The molecule has 0 fully saturated rings. The maximum atomic E-state index is 5.30. The molecule has 0 spiro atoms. The summed E-state index contributed by atoms with van der Waals surface area (Å²) >= 11 is 0. The van der Waals surface area contributed by atoms with Gasteiger partial charge in [0, 0.05) is 25.9 Å². The van der Waals surface area contributed by atoms with Crippen LogP contribution >= 0.6 is 0 Å². The lowest BCUT2D eigenvalue weighted by atomic mass is 10.1. The zero-order valence-corrected chi connectivity index (χ0v) is 11.8. The topological polar surface area (TPSA) is 60.2 Å². The van der Waals surface area contributed by atoms with Crippen LogP contribution in [0.2, 0.25) is 0 Å². The van der Waals surface area contributed by atoms with E-state index in [0.29, 0.717) is 11.9 Å². The summed E-state index contributed by atoms with van der Waals surface area (Å²) in [6, 6.07) is 6.73. The molecule has 0 bridgehead atoms. The maximum Gasteiger partial charge on any atom is 0.223 e. The number of rotatable bonds is 5. The highest BCUT2D eigenvalue weighted by molar-refractivity contribution is 5.40. The molecule has 2 aromatic rings. The smallest absolute Gasteiger partial charge is 0.223 e. The Bertz CT molecular complexity index is 595.